The first-order chi connectivity index (χ1) is 15.5. The van der Waals surface area contributed by atoms with E-state index in [0.717, 1.165) is 0 Å². The molecule has 0 aliphatic carbocycles. The molecule has 0 amide bonds. The van der Waals surface area contributed by atoms with Gasteiger partial charge in [0.05, 0.1) is 30.9 Å². The number of para-hydroxylation sites is 2. The molecule has 0 saturated heterocycles. The summed E-state index contributed by atoms with van der Waals surface area (Å²) < 4.78 is 10.2. The highest BCUT2D eigenvalue weighted by molar-refractivity contribution is 5.95. The SMILES string of the molecule is CCOC(=O)c1nc(Nc2ccc(CO)cc2)nc(Nc2ccccc2OC)c1[N+](=O)[O-]. The van der Waals surface area contributed by atoms with Crippen LogP contribution in [0.4, 0.5) is 28.8 Å². The monoisotopic (exact) mass is 439 g/mol. The molecule has 0 aliphatic rings. The summed E-state index contributed by atoms with van der Waals surface area (Å²) in [7, 11) is 1.46. The quantitative estimate of drug-likeness (QED) is 0.257. The third-order valence-corrected chi connectivity index (χ3v) is 4.29. The minimum absolute atomic E-state index is 0.0145. The Bertz CT molecular complexity index is 1120. The van der Waals surface area contributed by atoms with Gasteiger partial charge >= 0.3 is 11.7 Å². The fourth-order valence-corrected chi connectivity index (χ4v) is 2.81. The molecule has 0 bridgehead atoms. The van der Waals surface area contributed by atoms with Crippen molar-refractivity contribution >= 4 is 34.8 Å². The molecule has 0 atom stereocenters. The first kappa shape index (κ1) is 22.4. The number of aliphatic hydroxyl groups excluding tert-OH is 1. The highest BCUT2D eigenvalue weighted by Crippen LogP contribution is 2.34. The van der Waals surface area contributed by atoms with Gasteiger partial charge in [0.1, 0.15) is 5.75 Å². The Hall–Kier alpha value is -4.25. The van der Waals surface area contributed by atoms with Crippen molar-refractivity contribution < 1.29 is 24.3 Å². The molecule has 166 valence electrons. The van der Waals surface area contributed by atoms with Gasteiger partial charge in [0.15, 0.2) is 0 Å². The number of benzene rings is 2. The summed E-state index contributed by atoms with van der Waals surface area (Å²) in [6.07, 6.45) is 0. The lowest BCUT2D eigenvalue weighted by Crippen LogP contribution is -2.15. The molecule has 0 saturated carbocycles. The normalized spacial score (nSPS) is 10.3. The lowest BCUT2D eigenvalue weighted by molar-refractivity contribution is -0.384. The standard InChI is InChI=1S/C21H21N5O6/c1-3-32-20(28)17-18(26(29)30)19(23-15-6-4-5-7-16(15)31-2)25-21(24-17)22-14-10-8-13(12-27)9-11-14/h4-11,27H,3,12H2,1-2H3,(H2,22,23,24,25). The molecule has 0 aliphatic heterocycles. The highest BCUT2D eigenvalue weighted by Gasteiger charge is 2.31. The maximum atomic E-state index is 12.5. The van der Waals surface area contributed by atoms with E-state index >= 15 is 0 Å². The number of anilines is 4. The average Bonchev–Trinajstić information content (AvgIpc) is 2.79. The average molecular weight is 439 g/mol. The molecule has 0 spiro atoms. The topological polar surface area (TPSA) is 149 Å². The van der Waals surface area contributed by atoms with Gasteiger partial charge < -0.3 is 25.2 Å². The largest absolute Gasteiger partial charge is 0.495 e. The Kier molecular flexibility index (Phi) is 7.13. The van der Waals surface area contributed by atoms with Crippen molar-refractivity contribution in [1.82, 2.24) is 9.97 Å². The van der Waals surface area contributed by atoms with Crippen LogP contribution in [-0.2, 0) is 11.3 Å². The van der Waals surface area contributed by atoms with Crippen LogP contribution in [0.15, 0.2) is 48.5 Å². The number of nitrogens with one attached hydrogen (secondary N) is 2. The number of ether oxygens (including phenoxy) is 2. The van der Waals surface area contributed by atoms with Gasteiger partial charge in [0.2, 0.25) is 17.5 Å². The lowest BCUT2D eigenvalue weighted by Gasteiger charge is -2.13. The van der Waals surface area contributed by atoms with Gasteiger partial charge in [-0.25, -0.2) is 4.79 Å². The van der Waals surface area contributed by atoms with Gasteiger partial charge in [-0.1, -0.05) is 24.3 Å². The summed E-state index contributed by atoms with van der Waals surface area (Å²) in [4.78, 5) is 31.8. The van der Waals surface area contributed by atoms with Crippen LogP contribution in [0.1, 0.15) is 23.0 Å². The smallest absolute Gasteiger partial charge is 0.364 e. The number of methoxy groups -OCH3 is 1. The van der Waals surface area contributed by atoms with Crippen molar-refractivity contribution in [2.45, 2.75) is 13.5 Å². The summed E-state index contributed by atoms with van der Waals surface area (Å²) in [6, 6.07) is 13.5. The molecule has 0 radical (unpaired) electrons. The number of carbonyl (C=O) groups is 1. The van der Waals surface area contributed by atoms with Gasteiger partial charge in [-0.3, -0.25) is 10.1 Å². The maximum absolute atomic E-state index is 12.5. The number of hydrogen-bond donors (Lipinski definition) is 3. The molecular formula is C21H21N5O6. The van der Waals surface area contributed by atoms with E-state index in [4.69, 9.17) is 9.47 Å². The molecular weight excluding hydrogens is 418 g/mol. The van der Waals surface area contributed by atoms with E-state index in [1.54, 1.807) is 55.5 Å². The van der Waals surface area contributed by atoms with Crippen LogP contribution in [0, 0.1) is 10.1 Å². The molecule has 11 nitrogen and oxygen atoms in total. The van der Waals surface area contributed by atoms with Crippen molar-refractivity contribution in [3.05, 3.63) is 69.9 Å². The second kappa shape index (κ2) is 10.2. The number of aromatic nitrogens is 2. The van der Waals surface area contributed by atoms with Crippen LogP contribution in [-0.4, -0.2) is 39.7 Å². The Morgan fingerprint density at radius 2 is 1.84 bits per heavy atom. The molecule has 3 rings (SSSR count). The predicted molar refractivity (Wildman–Crippen MR) is 117 cm³/mol. The molecule has 32 heavy (non-hydrogen) atoms. The highest BCUT2D eigenvalue weighted by atomic mass is 16.6. The Balaban J connectivity index is 2.10. The Morgan fingerprint density at radius 1 is 1.12 bits per heavy atom. The van der Waals surface area contributed by atoms with Crippen molar-refractivity contribution in [2.75, 3.05) is 24.4 Å². The van der Waals surface area contributed by atoms with Crippen molar-refractivity contribution in [3.63, 3.8) is 0 Å². The number of nitrogens with zero attached hydrogens (tertiary/aromatic N) is 3. The molecule has 0 fully saturated rings. The number of esters is 1. The summed E-state index contributed by atoms with van der Waals surface area (Å²) in [5.41, 5.74) is 0.527. The molecule has 3 N–H and O–H groups in total. The van der Waals surface area contributed by atoms with Crippen LogP contribution in [0.2, 0.25) is 0 Å². The first-order valence-corrected chi connectivity index (χ1v) is 9.57. The fourth-order valence-electron chi connectivity index (χ4n) is 2.81. The maximum Gasteiger partial charge on any atom is 0.364 e. The van der Waals surface area contributed by atoms with E-state index in [2.05, 4.69) is 20.6 Å². The van der Waals surface area contributed by atoms with Crippen molar-refractivity contribution in [2.24, 2.45) is 0 Å². The summed E-state index contributed by atoms with van der Waals surface area (Å²) in [6.45, 7) is 1.48. The van der Waals surface area contributed by atoms with Crippen LogP contribution < -0.4 is 15.4 Å². The molecule has 0 unspecified atom stereocenters. The summed E-state index contributed by atoms with van der Waals surface area (Å²) >= 11 is 0. The number of aliphatic hydroxyl groups is 1. The van der Waals surface area contributed by atoms with Gasteiger partial charge in [0, 0.05) is 5.69 Å². The molecule has 3 aromatic rings. The van der Waals surface area contributed by atoms with E-state index in [-0.39, 0.29) is 25.0 Å². The van der Waals surface area contributed by atoms with E-state index in [0.29, 0.717) is 22.7 Å². The second-order valence-electron chi connectivity index (χ2n) is 6.38. The van der Waals surface area contributed by atoms with E-state index in [1.165, 1.54) is 7.11 Å². The zero-order valence-corrected chi connectivity index (χ0v) is 17.4. The Labute approximate surface area is 183 Å². The molecule has 1 heterocycles. The Morgan fingerprint density at radius 3 is 2.47 bits per heavy atom. The van der Waals surface area contributed by atoms with Crippen LogP contribution in [0.25, 0.3) is 0 Å². The number of rotatable bonds is 9. The van der Waals surface area contributed by atoms with E-state index < -0.39 is 22.3 Å². The molecule has 2 aromatic carbocycles. The molecule has 11 heteroatoms. The first-order valence-electron chi connectivity index (χ1n) is 9.57. The summed E-state index contributed by atoms with van der Waals surface area (Å²) in [5.74, 6) is -0.810. The minimum Gasteiger partial charge on any atom is -0.495 e. The van der Waals surface area contributed by atoms with Crippen LogP contribution in [0.5, 0.6) is 5.75 Å². The van der Waals surface area contributed by atoms with E-state index in [1.807, 2.05) is 0 Å². The van der Waals surface area contributed by atoms with Crippen molar-refractivity contribution in [3.8, 4) is 5.75 Å². The van der Waals surface area contributed by atoms with Crippen molar-refractivity contribution in [1.29, 1.82) is 0 Å². The zero-order chi connectivity index (χ0) is 23.1. The number of hydrogen-bond acceptors (Lipinski definition) is 10. The number of carbonyl (C=O) groups excluding carboxylic acids is 1. The van der Waals surface area contributed by atoms with E-state index in [9.17, 15) is 20.0 Å². The lowest BCUT2D eigenvalue weighted by atomic mass is 10.2. The molecule has 1 aromatic heterocycles. The van der Waals surface area contributed by atoms with Gasteiger partial charge in [-0.2, -0.15) is 9.97 Å². The van der Waals surface area contributed by atoms with Crippen LogP contribution >= 0.6 is 0 Å². The third-order valence-electron chi connectivity index (χ3n) is 4.29. The summed E-state index contributed by atoms with van der Waals surface area (Å²) in [5, 5.41) is 26.8. The minimum atomic E-state index is -0.955. The van der Waals surface area contributed by atoms with Gasteiger partial charge in [-0.05, 0) is 36.8 Å². The fraction of sp³-hybridized carbons (Fsp3) is 0.190. The third kappa shape index (κ3) is 5.08. The number of nitro groups is 1. The van der Waals surface area contributed by atoms with Gasteiger partial charge in [0.25, 0.3) is 0 Å². The van der Waals surface area contributed by atoms with Gasteiger partial charge in [-0.15, -0.1) is 0 Å². The second-order valence-corrected chi connectivity index (χ2v) is 6.38. The predicted octanol–water partition coefficient (Wildman–Crippen LogP) is 3.55. The van der Waals surface area contributed by atoms with Crippen LogP contribution in [0.3, 0.4) is 0 Å². The zero-order valence-electron chi connectivity index (χ0n) is 17.4.